The number of para-hydroxylation sites is 1. The molecule has 0 spiro atoms. The number of carboxylic acids is 1. The van der Waals surface area contributed by atoms with Crippen LogP contribution in [-0.2, 0) is 6.42 Å². The number of nitrogens with one attached hydrogen (secondary N) is 1. The van der Waals surface area contributed by atoms with Crippen molar-refractivity contribution in [2.45, 2.75) is 38.8 Å². The number of anilines is 1. The Labute approximate surface area is 170 Å². The number of fused-ring (bicyclic) bond motifs is 1. The lowest BCUT2D eigenvalue weighted by Crippen LogP contribution is -2.49. The summed E-state index contributed by atoms with van der Waals surface area (Å²) in [6, 6.07) is 13.7. The van der Waals surface area contributed by atoms with Crippen LogP contribution in [0.15, 0.2) is 55.0 Å². The third kappa shape index (κ3) is 3.83. The molecular formula is C23H25N3O3. The molecule has 1 atom stereocenters. The molecule has 1 aliphatic heterocycles. The van der Waals surface area contributed by atoms with Crippen molar-refractivity contribution in [1.82, 2.24) is 9.97 Å². The fraction of sp³-hybridized carbons (Fsp3) is 0.304. The first-order chi connectivity index (χ1) is 13.8. The third-order valence-electron chi connectivity index (χ3n) is 5.27. The lowest BCUT2D eigenvalue weighted by Gasteiger charge is -2.44. The molecule has 0 amide bonds. The molecule has 1 aromatic heterocycles. The van der Waals surface area contributed by atoms with Gasteiger partial charge in [0.1, 0.15) is 11.2 Å². The Morgan fingerprint density at radius 3 is 2.69 bits per heavy atom. The monoisotopic (exact) mass is 391 g/mol. The number of benzene rings is 2. The summed E-state index contributed by atoms with van der Waals surface area (Å²) in [6.07, 6.45) is 4.27. The summed E-state index contributed by atoms with van der Waals surface area (Å²) >= 11 is 0. The summed E-state index contributed by atoms with van der Waals surface area (Å²) < 4.78 is 6.13. The van der Waals surface area contributed by atoms with Gasteiger partial charge in [-0.25, -0.2) is 9.78 Å². The van der Waals surface area contributed by atoms with E-state index in [9.17, 15) is 9.90 Å². The number of aromatic carboxylic acids is 1. The van der Waals surface area contributed by atoms with E-state index < -0.39 is 11.6 Å². The molecule has 0 saturated heterocycles. The zero-order valence-electron chi connectivity index (χ0n) is 16.8. The molecule has 29 heavy (non-hydrogen) atoms. The largest absolute Gasteiger partial charge is 0.483 e. The Bertz CT molecular complexity index is 1010. The van der Waals surface area contributed by atoms with Gasteiger partial charge in [-0.15, -0.1) is 0 Å². The molecule has 0 fully saturated rings. The topological polar surface area (TPSA) is 78.5 Å². The number of aromatic nitrogens is 2. The zero-order chi connectivity index (χ0) is 20.6. The number of hydrogen-bond acceptors (Lipinski definition) is 4. The van der Waals surface area contributed by atoms with Crippen LogP contribution in [0.5, 0.6) is 5.75 Å². The summed E-state index contributed by atoms with van der Waals surface area (Å²) in [5, 5.41) is 9.67. The van der Waals surface area contributed by atoms with Gasteiger partial charge in [0.15, 0.2) is 5.75 Å². The predicted molar refractivity (Wildman–Crippen MR) is 112 cm³/mol. The first kappa shape index (κ1) is 19.1. The van der Waals surface area contributed by atoms with Crippen LogP contribution in [0.1, 0.15) is 47.1 Å². The number of imidazole rings is 1. The Kier molecular flexibility index (Phi) is 4.78. The molecule has 2 aromatic carbocycles. The summed E-state index contributed by atoms with van der Waals surface area (Å²) in [4.78, 5) is 21.5. The molecule has 0 radical (unpaired) electrons. The van der Waals surface area contributed by atoms with Gasteiger partial charge in [0, 0.05) is 0 Å². The van der Waals surface area contributed by atoms with Gasteiger partial charge in [-0.1, -0.05) is 35.9 Å². The summed E-state index contributed by atoms with van der Waals surface area (Å²) in [7, 11) is 0. The van der Waals surface area contributed by atoms with Gasteiger partial charge in [-0.3, -0.25) is 0 Å². The Balaban J connectivity index is 1.81. The normalized spacial score (nSPS) is 16.0. The number of rotatable bonds is 5. The minimum atomic E-state index is -0.990. The molecule has 6 heteroatoms. The van der Waals surface area contributed by atoms with Crippen molar-refractivity contribution >= 4 is 11.7 Å². The molecule has 4 rings (SSSR count). The van der Waals surface area contributed by atoms with Gasteiger partial charge < -0.3 is 19.7 Å². The molecule has 2 heterocycles. The molecule has 0 bridgehead atoms. The Morgan fingerprint density at radius 1 is 1.28 bits per heavy atom. The second kappa shape index (κ2) is 7.28. The predicted octanol–water partition coefficient (Wildman–Crippen LogP) is 4.38. The van der Waals surface area contributed by atoms with Crippen molar-refractivity contribution in [3.63, 3.8) is 0 Å². The van der Waals surface area contributed by atoms with E-state index in [1.807, 2.05) is 26.1 Å². The van der Waals surface area contributed by atoms with Crippen LogP contribution in [-0.4, -0.2) is 33.2 Å². The maximum atomic E-state index is 11.8. The maximum Gasteiger partial charge on any atom is 0.339 e. The average Bonchev–Trinajstić information content (AvgIpc) is 3.20. The van der Waals surface area contributed by atoms with Crippen molar-refractivity contribution in [3.8, 4) is 5.75 Å². The van der Waals surface area contributed by atoms with Gasteiger partial charge in [-0.05, 0) is 44.9 Å². The van der Waals surface area contributed by atoms with E-state index in [2.05, 4.69) is 46.1 Å². The molecule has 3 aromatic rings. The van der Waals surface area contributed by atoms with E-state index in [0.717, 1.165) is 17.8 Å². The highest BCUT2D eigenvalue weighted by atomic mass is 16.5. The Morgan fingerprint density at radius 2 is 2.03 bits per heavy atom. The fourth-order valence-corrected chi connectivity index (χ4v) is 3.89. The molecule has 0 saturated carbocycles. The van der Waals surface area contributed by atoms with E-state index in [1.165, 1.54) is 11.1 Å². The average molecular weight is 391 g/mol. The zero-order valence-corrected chi connectivity index (χ0v) is 16.8. The van der Waals surface area contributed by atoms with Gasteiger partial charge >= 0.3 is 5.97 Å². The third-order valence-corrected chi connectivity index (χ3v) is 5.27. The summed E-state index contributed by atoms with van der Waals surface area (Å²) in [5.74, 6) is -0.569. The van der Waals surface area contributed by atoms with Crippen LogP contribution >= 0.6 is 0 Å². The molecule has 0 aliphatic carbocycles. The number of carboxylic acid groups (broad SMARTS) is 1. The second-order valence-electron chi connectivity index (χ2n) is 8.16. The van der Waals surface area contributed by atoms with Crippen LogP contribution in [0, 0.1) is 6.92 Å². The quantitative estimate of drug-likeness (QED) is 0.675. The lowest BCUT2D eigenvalue weighted by molar-refractivity contribution is 0.0667. The number of H-pyrrole nitrogens is 1. The molecule has 1 unspecified atom stereocenters. The highest BCUT2D eigenvalue weighted by Gasteiger charge is 2.38. The molecule has 1 aliphatic rings. The smallest absolute Gasteiger partial charge is 0.339 e. The van der Waals surface area contributed by atoms with Crippen LogP contribution < -0.4 is 9.64 Å². The van der Waals surface area contributed by atoms with Gasteiger partial charge in [-0.2, -0.15) is 0 Å². The highest BCUT2D eigenvalue weighted by molar-refractivity contribution is 5.94. The van der Waals surface area contributed by atoms with Crippen LogP contribution in [0.2, 0.25) is 0 Å². The van der Waals surface area contributed by atoms with Crippen LogP contribution in [0.4, 0.5) is 5.69 Å². The van der Waals surface area contributed by atoms with E-state index >= 15 is 0 Å². The number of aryl methyl sites for hydroxylation is 1. The first-order valence-electron chi connectivity index (χ1n) is 9.70. The minimum Gasteiger partial charge on any atom is -0.483 e. The number of ether oxygens (including phenoxy) is 1. The second-order valence-corrected chi connectivity index (χ2v) is 8.16. The molecule has 6 nitrogen and oxygen atoms in total. The standard InChI is InChI=1S/C23H25N3O3/c1-15-7-9-16(10-8-15)11-20(18-12-24-14-25-18)26-13-23(2,3)29-21-17(22(27)28)5-4-6-19(21)26/h4-10,12,14,20H,11,13H2,1-3H3,(H,24,25)(H,27,28). The van der Waals surface area contributed by atoms with E-state index in [1.54, 1.807) is 18.5 Å². The van der Waals surface area contributed by atoms with E-state index in [-0.39, 0.29) is 11.6 Å². The van der Waals surface area contributed by atoms with Gasteiger partial charge in [0.05, 0.1) is 36.5 Å². The summed E-state index contributed by atoms with van der Waals surface area (Å²) in [6.45, 7) is 6.66. The highest BCUT2D eigenvalue weighted by Crippen LogP contribution is 2.44. The van der Waals surface area contributed by atoms with Crippen molar-refractivity contribution in [3.05, 3.63) is 77.4 Å². The van der Waals surface area contributed by atoms with Crippen LogP contribution in [0.25, 0.3) is 0 Å². The van der Waals surface area contributed by atoms with Crippen molar-refractivity contribution in [2.75, 3.05) is 11.4 Å². The van der Waals surface area contributed by atoms with Crippen molar-refractivity contribution in [1.29, 1.82) is 0 Å². The maximum absolute atomic E-state index is 11.8. The van der Waals surface area contributed by atoms with Crippen molar-refractivity contribution < 1.29 is 14.6 Å². The number of hydrogen-bond donors (Lipinski definition) is 2. The summed E-state index contributed by atoms with van der Waals surface area (Å²) in [5.41, 5.74) is 3.83. The SMILES string of the molecule is Cc1ccc(CC(c2cnc[nH]2)N2CC(C)(C)Oc3c(C(=O)O)cccc32)cc1. The Hall–Kier alpha value is -3.28. The number of aromatic amines is 1. The fourth-order valence-electron chi connectivity index (χ4n) is 3.89. The van der Waals surface area contributed by atoms with Gasteiger partial charge in [0.25, 0.3) is 0 Å². The number of carbonyl (C=O) groups is 1. The minimum absolute atomic E-state index is 0.0359. The molecule has 2 N–H and O–H groups in total. The first-order valence-corrected chi connectivity index (χ1v) is 9.70. The number of nitrogens with zero attached hydrogens (tertiary/aromatic N) is 2. The van der Waals surface area contributed by atoms with E-state index in [0.29, 0.717) is 12.3 Å². The van der Waals surface area contributed by atoms with Crippen molar-refractivity contribution in [2.24, 2.45) is 0 Å². The van der Waals surface area contributed by atoms with Gasteiger partial charge in [0.2, 0.25) is 0 Å². The van der Waals surface area contributed by atoms with E-state index in [4.69, 9.17) is 4.74 Å². The lowest BCUT2D eigenvalue weighted by atomic mass is 9.96. The van der Waals surface area contributed by atoms with Crippen LogP contribution in [0.3, 0.4) is 0 Å². The molecule has 150 valence electrons. The molecular weight excluding hydrogens is 366 g/mol.